The number of nitrogens with zero attached hydrogens (tertiary/aromatic N) is 4. The molecular weight excluding hydrogens is 552 g/mol. The lowest BCUT2D eigenvalue weighted by Crippen LogP contribution is -2.46. The van der Waals surface area contributed by atoms with Gasteiger partial charge in [0.15, 0.2) is 0 Å². The third kappa shape index (κ3) is 4.61. The summed E-state index contributed by atoms with van der Waals surface area (Å²) < 4.78 is 27.2. The van der Waals surface area contributed by atoms with Crippen LogP contribution in [0.5, 0.6) is 0 Å². The number of hydrogen-bond acceptors (Lipinski definition) is 6. The summed E-state index contributed by atoms with van der Waals surface area (Å²) in [5.41, 5.74) is 14.8. The Morgan fingerprint density at radius 3 is 1.95 bits per heavy atom. The standard InChI is InChI=1S/C36H40N4O2S/c1-7-38-21-37(6)18-30-15-27(12-25(4)35(30)38)28-13-26(5)36-31(16-28)20-39-22-40(36)19-29-17-33(10-11-34(29)39)43(41,42)32-9-8-23(2)24(3)14-32/h8-17H,7,18-22H2,1-6H3. The number of anilines is 3. The molecule has 0 aliphatic carbocycles. The Morgan fingerprint density at radius 2 is 1.26 bits per heavy atom. The summed E-state index contributed by atoms with van der Waals surface area (Å²) in [5.74, 6) is 0. The van der Waals surface area contributed by atoms with Crippen LogP contribution < -0.4 is 14.7 Å². The van der Waals surface area contributed by atoms with Gasteiger partial charge in [0.2, 0.25) is 9.84 Å². The number of fused-ring (bicyclic) bond motifs is 7. The monoisotopic (exact) mass is 592 g/mol. The van der Waals surface area contributed by atoms with Gasteiger partial charge in [0.05, 0.1) is 23.1 Å². The van der Waals surface area contributed by atoms with Gasteiger partial charge in [-0.05, 0) is 146 Å². The van der Waals surface area contributed by atoms with Gasteiger partial charge in [-0.15, -0.1) is 0 Å². The first kappa shape index (κ1) is 28.0. The van der Waals surface area contributed by atoms with E-state index in [1.54, 1.807) is 18.2 Å². The summed E-state index contributed by atoms with van der Waals surface area (Å²) in [6, 6.07) is 20.5. The van der Waals surface area contributed by atoms with E-state index in [-0.39, 0.29) is 0 Å². The summed E-state index contributed by atoms with van der Waals surface area (Å²) in [5, 5.41) is 0. The molecule has 0 saturated heterocycles. The van der Waals surface area contributed by atoms with Crippen molar-refractivity contribution in [1.29, 1.82) is 0 Å². The van der Waals surface area contributed by atoms with E-state index in [0.717, 1.165) is 55.3 Å². The van der Waals surface area contributed by atoms with Gasteiger partial charge < -0.3 is 14.7 Å². The van der Waals surface area contributed by atoms with Crippen LogP contribution in [0, 0.1) is 27.7 Å². The first-order valence-electron chi connectivity index (χ1n) is 15.2. The molecular formula is C36H40N4O2S. The summed E-state index contributed by atoms with van der Waals surface area (Å²) in [6.07, 6.45) is 0. The second-order valence-electron chi connectivity index (χ2n) is 12.7. The second-order valence-corrected chi connectivity index (χ2v) is 14.6. The molecule has 0 fully saturated rings. The maximum Gasteiger partial charge on any atom is 0.206 e. The van der Waals surface area contributed by atoms with E-state index in [0.29, 0.717) is 16.3 Å². The molecule has 222 valence electrons. The van der Waals surface area contributed by atoms with Gasteiger partial charge in [-0.2, -0.15) is 0 Å². The molecule has 0 N–H and O–H groups in total. The van der Waals surface area contributed by atoms with E-state index < -0.39 is 9.84 Å². The van der Waals surface area contributed by atoms with Crippen LogP contribution in [-0.4, -0.2) is 40.2 Å². The van der Waals surface area contributed by atoms with Gasteiger partial charge in [-0.1, -0.05) is 6.07 Å². The summed E-state index contributed by atoms with van der Waals surface area (Å²) in [7, 11) is -1.41. The molecule has 3 aliphatic rings. The lowest BCUT2D eigenvalue weighted by atomic mass is 9.91. The summed E-state index contributed by atoms with van der Waals surface area (Å²) in [4.78, 5) is 10.3. The molecule has 0 unspecified atom stereocenters. The van der Waals surface area contributed by atoms with Crippen molar-refractivity contribution in [1.82, 2.24) is 4.90 Å². The third-order valence-corrected chi connectivity index (χ3v) is 11.3. The molecule has 7 heteroatoms. The third-order valence-electron chi connectivity index (χ3n) is 9.51. The molecule has 0 aromatic heterocycles. The average molecular weight is 593 g/mol. The topological polar surface area (TPSA) is 47.1 Å². The van der Waals surface area contributed by atoms with Crippen molar-refractivity contribution in [3.05, 3.63) is 99.6 Å². The molecule has 0 atom stereocenters. The van der Waals surface area contributed by atoms with Crippen LogP contribution in [0.25, 0.3) is 11.1 Å². The van der Waals surface area contributed by atoms with E-state index in [1.807, 2.05) is 32.0 Å². The first-order valence-corrected chi connectivity index (χ1v) is 16.7. The number of sulfone groups is 1. The minimum atomic E-state index is -3.60. The van der Waals surface area contributed by atoms with Crippen LogP contribution in [0.1, 0.15) is 45.9 Å². The van der Waals surface area contributed by atoms with Gasteiger partial charge in [-0.3, -0.25) is 4.90 Å². The van der Waals surface area contributed by atoms with Crippen LogP contribution in [0.3, 0.4) is 0 Å². The number of aryl methyl sites for hydroxylation is 4. The average Bonchev–Trinajstić information content (AvgIpc) is 2.97. The second kappa shape index (κ2) is 10.1. The largest absolute Gasteiger partial charge is 0.358 e. The van der Waals surface area contributed by atoms with E-state index in [2.05, 4.69) is 71.7 Å². The molecule has 0 radical (unpaired) electrons. The van der Waals surface area contributed by atoms with Crippen molar-refractivity contribution in [3.63, 3.8) is 0 Å². The quantitative estimate of drug-likeness (QED) is 0.256. The normalized spacial score (nSPS) is 16.2. The lowest BCUT2D eigenvalue weighted by molar-refractivity contribution is 0.310. The zero-order valence-corrected chi connectivity index (χ0v) is 26.8. The van der Waals surface area contributed by atoms with E-state index in [9.17, 15) is 8.42 Å². The summed E-state index contributed by atoms with van der Waals surface area (Å²) in [6.45, 7) is 15.9. The van der Waals surface area contributed by atoms with Crippen molar-refractivity contribution in [3.8, 4) is 11.1 Å². The van der Waals surface area contributed by atoms with Gasteiger partial charge in [0.25, 0.3) is 0 Å². The highest BCUT2D eigenvalue weighted by Crippen LogP contribution is 2.43. The SMILES string of the molecule is CCN1CN(C)Cc2cc(-c3cc(C)c4c(c3)CN3CN4Cc4cc(S(=O)(=O)c5ccc(C)c(C)c5)ccc43)cc(C)c21. The summed E-state index contributed by atoms with van der Waals surface area (Å²) >= 11 is 0. The van der Waals surface area contributed by atoms with E-state index in [1.165, 1.54) is 44.8 Å². The van der Waals surface area contributed by atoms with Crippen LogP contribution in [0.15, 0.2) is 70.5 Å². The van der Waals surface area contributed by atoms with Crippen molar-refractivity contribution >= 4 is 26.9 Å². The highest BCUT2D eigenvalue weighted by Gasteiger charge is 2.32. The van der Waals surface area contributed by atoms with Crippen molar-refractivity contribution in [2.45, 2.75) is 64.0 Å². The fourth-order valence-corrected chi connectivity index (χ4v) is 8.75. The Hall–Kier alpha value is -3.81. The fourth-order valence-electron chi connectivity index (χ4n) is 7.36. The Labute approximate surface area is 256 Å². The number of rotatable bonds is 4. The predicted molar refractivity (Wildman–Crippen MR) is 176 cm³/mol. The minimum absolute atomic E-state index is 0.354. The molecule has 0 spiro atoms. The fraction of sp³-hybridized carbons (Fsp3) is 0.333. The highest BCUT2D eigenvalue weighted by atomic mass is 32.2. The zero-order chi connectivity index (χ0) is 30.2. The first-order chi connectivity index (χ1) is 20.5. The molecule has 3 heterocycles. The van der Waals surface area contributed by atoms with Crippen molar-refractivity contribution in [2.24, 2.45) is 0 Å². The Kier molecular flexibility index (Phi) is 6.60. The Balaban J connectivity index is 1.23. The molecule has 4 aromatic carbocycles. The maximum absolute atomic E-state index is 13.6. The minimum Gasteiger partial charge on any atom is -0.358 e. The number of hydrogen-bond donors (Lipinski definition) is 0. The Morgan fingerprint density at radius 1 is 0.628 bits per heavy atom. The molecule has 7 rings (SSSR count). The van der Waals surface area contributed by atoms with E-state index in [4.69, 9.17) is 0 Å². The Bertz CT molecular complexity index is 1900. The van der Waals surface area contributed by atoms with E-state index >= 15 is 0 Å². The number of benzene rings is 4. The van der Waals surface area contributed by atoms with Gasteiger partial charge in [0.1, 0.15) is 0 Å². The molecule has 0 saturated carbocycles. The molecule has 0 amide bonds. The molecule has 4 aromatic rings. The van der Waals surface area contributed by atoms with Gasteiger partial charge in [-0.25, -0.2) is 8.42 Å². The molecule has 6 nitrogen and oxygen atoms in total. The molecule has 43 heavy (non-hydrogen) atoms. The highest BCUT2D eigenvalue weighted by molar-refractivity contribution is 7.91. The zero-order valence-electron chi connectivity index (χ0n) is 26.0. The van der Waals surface area contributed by atoms with Gasteiger partial charge >= 0.3 is 0 Å². The van der Waals surface area contributed by atoms with Crippen molar-refractivity contribution < 1.29 is 8.42 Å². The maximum atomic E-state index is 13.6. The van der Waals surface area contributed by atoms with Crippen LogP contribution in [0.2, 0.25) is 0 Å². The molecule has 3 aliphatic heterocycles. The van der Waals surface area contributed by atoms with Gasteiger partial charge in [0, 0.05) is 43.2 Å². The van der Waals surface area contributed by atoms with Crippen LogP contribution in [-0.2, 0) is 29.5 Å². The predicted octanol–water partition coefficient (Wildman–Crippen LogP) is 6.95. The smallest absolute Gasteiger partial charge is 0.206 e. The van der Waals surface area contributed by atoms with Crippen LogP contribution >= 0.6 is 0 Å². The lowest BCUT2D eigenvalue weighted by Gasteiger charge is -2.45. The van der Waals surface area contributed by atoms with Crippen LogP contribution in [0.4, 0.5) is 17.1 Å². The van der Waals surface area contributed by atoms with Crippen molar-refractivity contribution in [2.75, 3.05) is 41.6 Å². The molecule has 2 bridgehead atoms.